The number of hydrogen-bond donors (Lipinski definition) is 1. The SMILES string of the molecule is CCCCCCCC[P+](C)(C)NC#N. The summed E-state index contributed by atoms with van der Waals surface area (Å²) in [6, 6.07) is 0. The van der Waals surface area contributed by atoms with E-state index >= 15 is 0 Å². The molecule has 0 saturated heterocycles. The van der Waals surface area contributed by atoms with Crippen molar-refractivity contribution in [2.24, 2.45) is 0 Å². The summed E-state index contributed by atoms with van der Waals surface area (Å²) in [6.45, 7) is 6.63. The Kier molecular flexibility index (Phi) is 7.90. The molecule has 0 aromatic carbocycles. The Morgan fingerprint density at radius 1 is 1.07 bits per heavy atom. The van der Waals surface area contributed by atoms with Gasteiger partial charge in [-0.25, -0.2) is 0 Å². The van der Waals surface area contributed by atoms with E-state index in [0.29, 0.717) is 0 Å². The summed E-state index contributed by atoms with van der Waals surface area (Å²) in [6.07, 6.45) is 11.3. The smallest absolute Gasteiger partial charge is 0.198 e. The predicted molar refractivity (Wildman–Crippen MR) is 65.8 cm³/mol. The summed E-state index contributed by atoms with van der Waals surface area (Å²) in [4.78, 5) is 0. The van der Waals surface area contributed by atoms with E-state index in [1.165, 1.54) is 44.7 Å². The van der Waals surface area contributed by atoms with E-state index in [1.54, 1.807) is 0 Å². The Labute approximate surface area is 89.5 Å². The van der Waals surface area contributed by atoms with Crippen LogP contribution in [0.15, 0.2) is 0 Å². The molecular formula is C11H24N2P+. The Morgan fingerprint density at radius 3 is 2.21 bits per heavy atom. The van der Waals surface area contributed by atoms with Crippen LogP contribution in [0.2, 0.25) is 0 Å². The van der Waals surface area contributed by atoms with Gasteiger partial charge in [-0.05, 0) is 12.8 Å². The maximum absolute atomic E-state index is 8.54. The quantitative estimate of drug-likeness (QED) is 0.290. The lowest BCUT2D eigenvalue weighted by Crippen LogP contribution is -2.10. The lowest BCUT2D eigenvalue weighted by Gasteiger charge is -2.14. The molecule has 1 N–H and O–H groups in total. The van der Waals surface area contributed by atoms with Crippen LogP contribution in [0.25, 0.3) is 0 Å². The molecule has 0 rings (SSSR count). The summed E-state index contributed by atoms with van der Waals surface area (Å²) < 4.78 is 0. The average molecular weight is 215 g/mol. The highest BCUT2D eigenvalue weighted by atomic mass is 31.2. The second kappa shape index (κ2) is 8.06. The van der Waals surface area contributed by atoms with Crippen molar-refractivity contribution >= 4 is 7.41 Å². The largest absolute Gasteiger partial charge is 0.211 e. The fourth-order valence-electron chi connectivity index (χ4n) is 1.48. The fourth-order valence-corrected chi connectivity index (χ4v) is 2.88. The maximum atomic E-state index is 8.54. The Morgan fingerprint density at radius 2 is 1.64 bits per heavy atom. The normalized spacial score (nSPS) is 11.0. The van der Waals surface area contributed by atoms with Gasteiger partial charge in [-0.1, -0.05) is 32.6 Å². The highest BCUT2D eigenvalue weighted by Crippen LogP contribution is 2.46. The number of nitriles is 1. The van der Waals surface area contributed by atoms with Crippen molar-refractivity contribution in [2.75, 3.05) is 19.5 Å². The van der Waals surface area contributed by atoms with Crippen LogP contribution in [0.1, 0.15) is 45.4 Å². The minimum absolute atomic E-state index is 1.11. The first kappa shape index (κ1) is 13.7. The van der Waals surface area contributed by atoms with Gasteiger partial charge in [0, 0.05) is 0 Å². The van der Waals surface area contributed by atoms with Crippen molar-refractivity contribution < 1.29 is 0 Å². The lowest BCUT2D eigenvalue weighted by atomic mass is 10.1. The van der Waals surface area contributed by atoms with Crippen molar-refractivity contribution in [3.05, 3.63) is 0 Å². The number of nitrogens with zero attached hydrogens (tertiary/aromatic N) is 1. The van der Waals surface area contributed by atoms with Gasteiger partial charge in [-0.15, -0.1) is 0 Å². The molecule has 82 valence electrons. The lowest BCUT2D eigenvalue weighted by molar-refractivity contribution is 0.625. The summed E-state index contributed by atoms with van der Waals surface area (Å²) in [5.41, 5.74) is 0. The van der Waals surface area contributed by atoms with Crippen LogP contribution in [0, 0.1) is 11.5 Å². The second-order valence-electron chi connectivity index (χ2n) is 4.40. The highest BCUT2D eigenvalue weighted by molar-refractivity contribution is 7.72. The number of hydrogen-bond acceptors (Lipinski definition) is 2. The Balaban J connectivity index is 3.31. The predicted octanol–water partition coefficient (Wildman–Crippen LogP) is 3.61. The van der Waals surface area contributed by atoms with Crippen molar-refractivity contribution in [3.8, 4) is 6.19 Å². The van der Waals surface area contributed by atoms with Crippen molar-refractivity contribution in [1.29, 1.82) is 5.26 Å². The minimum Gasteiger partial charge on any atom is -0.198 e. The van der Waals surface area contributed by atoms with E-state index in [-0.39, 0.29) is 0 Å². The molecular weight excluding hydrogens is 191 g/mol. The average Bonchev–Trinajstić information content (AvgIpc) is 2.11. The molecule has 0 fully saturated rings. The fraction of sp³-hybridized carbons (Fsp3) is 0.909. The zero-order chi connectivity index (χ0) is 10.9. The van der Waals surface area contributed by atoms with Gasteiger partial charge in [0.25, 0.3) is 0 Å². The summed E-state index contributed by atoms with van der Waals surface area (Å²) in [5.74, 6) is 0. The molecule has 0 unspecified atom stereocenters. The Hall–Kier alpha value is -0.280. The van der Waals surface area contributed by atoms with Gasteiger partial charge in [0.2, 0.25) is 6.19 Å². The molecule has 2 nitrogen and oxygen atoms in total. The molecule has 3 heteroatoms. The van der Waals surface area contributed by atoms with E-state index < -0.39 is 7.41 Å². The zero-order valence-electron chi connectivity index (χ0n) is 9.84. The van der Waals surface area contributed by atoms with Crippen LogP contribution >= 0.6 is 7.41 Å². The van der Waals surface area contributed by atoms with Gasteiger partial charge in [0.05, 0.1) is 19.5 Å². The maximum Gasteiger partial charge on any atom is 0.211 e. The van der Waals surface area contributed by atoms with Gasteiger partial charge in [0.1, 0.15) is 7.41 Å². The Bertz CT molecular complexity index is 173. The highest BCUT2D eigenvalue weighted by Gasteiger charge is 2.23. The van der Waals surface area contributed by atoms with Crippen LogP contribution in [-0.2, 0) is 0 Å². The van der Waals surface area contributed by atoms with Crippen LogP contribution in [0.4, 0.5) is 0 Å². The molecule has 0 atom stereocenters. The minimum atomic E-state index is -1.11. The first-order valence-electron chi connectivity index (χ1n) is 5.61. The zero-order valence-corrected chi connectivity index (χ0v) is 10.7. The van der Waals surface area contributed by atoms with Gasteiger partial charge in [-0.2, -0.15) is 10.3 Å². The van der Waals surface area contributed by atoms with Crippen molar-refractivity contribution in [2.45, 2.75) is 45.4 Å². The molecule has 0 saturated carbocycles. The monoisotopic (exact) mass is 215 g/mol. The van der Waals surface area contributed by atoms with Crippen LogP contribution in [0.5, 0.6) is 0 Å². The van der Waals surface area contributed by atoms with Crippen molar-refractivity contribution in [3.63, 3.8) is 0 Å². The number of rotatable bonds is 8. The molecule has 0 amide bonds. The third kappa shape index (κ3) is 8.32. The summed E-state index contributed by atoms with van der Waals surface area (Å²) in [5, 5.41) is 11.5. The molecule has 0 aliphatic carbocycles. The van der Waals surface area contributed by atoms with Crippen LogP contribution < -0.4 is 5.09 Å². The van der Waals surface area contributed by atoms with E-state index in [1.807, 2.05) is 0 Å². The summed E-state index contributed by atoms with van der Waals surface area (Å²) in [7, 11) is -1.11. The first-order valence-corrected chi connectivity index (χ1v) is 8.48. The van der Waals surface area contributed by atoms with Gasteiger partial charge < -0.3 is 0 Å². The number of unbranched alkanes of at least 4 members (excludes halogenated alkanes) is 5. The van der Waals surface area contributed by atoms with E-state index in [0.717, 1.165) is 0 Å². The molecule has 0 aliphatic rings. The first-order chi connectivity index (χ1) is 6.62. The third-order valence-corrected chi connectivity index (χ3v) is 4.56. The molecule has 0 radical (unpaired) electrons. The van der Waals surface area contributed by atoms with E-state index in [4.69, 9.17) is 5.26 Å². The van der Waals surface area contributed by atoms with Crippen LogP contribution in [-0.4, -0.2) is 19.5 Å². The van der Waals surface area contributed by atoms with Gasteiger partial charge in [-0.3, -0.25) is 0 Å². The molecule has 0 aromatic heterocycles. The van der Waals surface area contributed by atoms with Gasteiger partial charge >= 0.3 is 0 Å². The van der Waals surface area contributed by atoms with E-state index in [2.05, 4.69) is 31.5 Å². The topological polar surface area (TPSA) is 35.8 Å². The third-order valence-electron chi connectivity index (χ3n) is 2.42. The summed E-state index contributed by atoms with van der Waals surface area (Å²) >= 11 is 0. The second-order valence-corrected chi connectivity index (χ2v) is 8.44. The van der Waals surface area contributed by atoms with Gasteiger partial charge in [0.15, 0.2) is 0 Å². The van der Waals surface area contributed by atoms with Crippen LogP contribution in [0.3, 0.4) is 0 Å². The number of nitrogens with one attached hydrogen (secondary N) is 1. The van der Waals surface area contributed by atoms with Crippen molar-refractivity contribution in [1.82, 2.24) is 5.09 Å². The molecule has 14 heavy (non-hydrogen) atoms. The molecule has 0 aliphatic heterocycles. The molecule has 0 bridgehead atoms. The standard InChI is InChI=1S/C11H24N2P/c1-4-5-6-7-8-9-10-14(2,3)13-11-12/h13H,4-10H2,1-3H3/q+1. The molecule has 0 aromatic rings. The van der Waals surface area contributed by atoms with E-state index in [9.17, 15) is 0 Å². The molecule has 0 spiro atoms. The molecule has 0 heterocycles.